The lowest BCUT2D eigenvalue weighted by Gasteiger charge is -2.22. The van der Waals surface area contributed by atoms with Gasteiger partial charge in [0, 0.05) is 45.0 Å². The van der Waals surface area contributed by atoms with Gasteiger partial charge in [-0.15, -0.1) is 0 Å². The van der Waals surface area contributed by atoms with Gasteiger partial charge in [0.25, 0.3) is 0 Å². The molecule has 7 heteroatoms. The maximum atomic E-state index is 12.5. The van der Waals surface area contributed by atoms with E-state index in [1.165, 1.54) is 14.0 Å². The SMILES string of the molecule is COC(=O)CCN(CCCNC(C)=O)C(=O)CCC(=O)c1ccc(C)cc1. The Morgan fingerprint density at radius 3 is 2.26 bits per heavy atom. The molecule has 27 heavy (non-hydrogen) atoms. The molecule has 0 radical (unpaired) electrons. The van der Waals surface area contributed by atoms with Gasteiger partial charge < -0.3 is 15.0 Å². The van der Waals surface area contributed by atoms with E-state index >= 15 is 0 Å². The third kappa shape index (κ3) is 8.99. The number of amides is 2. The van der Waals surface area contributed by atoms with Crippen LogP contribution in [0, 0.1) is 6.92 Å². The predicted octanol–water partition coefficient (Wildman–Crippen LogP) is 1.88. The molecule has 0 bridgehead atoms. The molecule has 0 aliphatic carbocycles. The number of methoxy groups -OCH3 is 1. The molecule has 148 valence electrons. The molecule has 0 aliphatic heterocycles. The molecule has 0 heterocycles. The first kappa shape index (κ1) is 22.3. The number of rotatable bonds is 11. The van der Waals surface area contributed by atoms with E-state index in [1.807, 2.05) is 19.1 Å². The summed E-state index contributed by atoms with van der Waals surface area (Å²) < 4.78 is 4.62. The van der Waals surface area contributed by atoms with Crippen molar-refractivity contribution in [3.8, 4) is 0 Å². The van der Waals surface area contributed by atoms with Crippen molar-refractivity contribution >= 4 is 23.6 Å². The highest BCUT2D eigenvalue weighted by atomic mass is 16.5. The fourth-order valence-electron chi connectivity index (χ4n) is 2.49. The van der Waals surface area contributed by atoms with Gasteiger partial charge in [0.1, 0.15) is 0 Å². The molecule has 0 atom stereocenters. The number of hydrogen-bond acceptors (Lipinski definition) is 5. The summed E-state index contributed by atoms with van der Waals surface area (Å²) in [6.45, 7) is 4.44. The average Bonchev–Trinajstić information content (AvgIpc) is 2.65. The summed E-state index contributed by atoms with van der Waals surface area (Å²) in [5, 5.41) is 2.67. The van der Waals surface area contributed by atoms with Crippen LogP contribution in [0.2, 0.25) is 0 Å². The molecule has 1 N–H and O–H groups in total. The second-order valence-corrected chi connectivity index (χ2v) is 6.33. The van der Waals surface area contributed by atoms with Crippen LogP contribution in [0.15, 0.2) is 24.3 Å². The Bertz CT molecular complexity index is 655. The summed E-state index contributed by atoms with van der Waals surface area (Å²) in [6.07, 6.45) is 0.850. The minimum atomic E-state index is -0.398. The lowest BCUT2D eigenvalue weighted by molar-refractivity contribution is -0.141. The number of esters is 1. The molecule has 0 saturated heterocycles. The Kier molecular flexibility index (Phi) is 9.79. The quantitative estimate of drug-likeness (QED) is 0.362. The number of carbonyl (C=O) groups is 4. The van der Waals surface area contributed by atoms with Crippen molar-refractivity contribution in [2.45, 2.75) is 39.5 Å². The number of Topliss-reactive ketones (excluding diaryl/α,β-unsaturated/α-hetero) is 1. The van der Waals surface area contributed by atoms with Gasteiger partial charge in [-0.25, -0.2) is 0 Å². The van der Waals surface area contributed by atoms with E-state index in [-0.39, 0.29) is 43.4 Å². The zero-order valence-corrected chi connectivity index (χ0v) is 16.2. The Hall–Kier alpha value is -2.70. The second-order valence-electron chi connectivity index (χ2n) is 6.33. The van der Waals surface area contributed by atoms with Crippen LogP contribution in [-0.4, -0.2) is 55.2 Å². The summed E-state index contributed by atoms with van der Waals surface area (Å²) in [5.74, 6) is -0.812. The van der Waals surface area contributed by atoms with Crippen LogP contribution in [-0.2, 0) is 19.1 Å². The third-order valence-corrected chi connectivity index (χ3v) is 4.08. The number of aryl methyl sites for hydroxylation is 1. The molecular weight excluding hydrogens is 348 g/mol. The third-order valence-electron chi connectivity index (χ3n) is 4.08. The molecule has 0 fully saturated rings. The van der Waals surface area contributed by atoms with E-state index in [0.29, 0.717) is 25.1 Å². The number of hydrogen-bond donors (Lipinski definition) is 1. The number of ketones is 1. The van der Waals surface area contributed by atoms with Crippen LogP contribution in [0.4, 0.5) is 0 Å². The Balaban J connectivity index is 2.56. The number of nitrogens with zero attached hydrogens (tertiary/aromatic N) is 1. The van der Waals surface area contributed by atoms with Gasteiger partial charge in [-0.3, -0.25) is 19.2 Å². The van der Waals surface area contributed by atoms with Crippen molar-refractivity contribution in [3.05, 3.63) is 35.4 Å². The van der Waals surface area contributed by atoms with Gasteiger partial charge in [0.05, 0.1) is 13.5 Å². The summed E-state index contributed by atoms with van der Waals surface area (Å²) in [5.41, 5.74) is 1.65. The number of carbonyl (C=O) groups excluding carboxylic acids is 4. The lowest BCUT2D eigenvalue weighted by Crippen LogP contribution is -2.36. The second kappa shape index (κ2) is 11.8. The van der Waals surface area contributed by atoms with Gasteiger partial charge in [-0.2, -0.15) is 0 Å². The minimum Gasteiger partial charge on any atom is -0.469 e. The fraction of sp³-hybridized carbons (Fsp3) is 0.500. The van der Waals surface area contributed by atoms with Gasteiger partial charge in [-0.1, -0.05) is 29.8 Å². The molecule has 1 rings (SSSR count). The molecule has 0 unspecified atom stereocenters. The molecule has 0 spiro atoms. The summed E-state index contributed by atoms with van der Waals surface area (Å²) in [4.78, 5) is 48.6. The van der Waals surface area contributed by atoms with Crippen LogP contribution in [0.25, 0.3) is 0 Å². The van der Waals surface area contributed by atoms with Gasteiger partial charge >= 0.3 is 5.97 Å². The Morgan fingerprint density at radius 1 is 1.00 bits per heavy atom. The molecule has 1 aromatic carbocycles. The van der Waals surface area contributed by atoms with Crippen molar-refractivity contribution in [1.82, 2.24) is 10.2 Å². The number of benzene rings is 1. The molecule has 0 aliphatic rings. The smallest absolute Gasteiger partial charge is 0.307 e. The predicted molar refractivity (Wildman–Crippen MR) is 101 cm³/mol. The Morgan fingerprint density at radius 2 is 1.67 bits per heavy atom. The van der Waals surface area contributed by atoms with E-state index in [2.05, 4.69) is 10.1 Å². The Labute approximate surface area is 160 Å². The van der Waals surface area contributed by atoms with Crippen molar-refractivity contribution in [2.24, 2.45) is 0 Å². The normalized spacial score (nSPS) is 10.2. The first-order valence-corrected chi connectivity index (χ1v) is 9.02. The van der Waals surface area contributed by atoms with E-state index < -0.39 is 5.97 Å². The highest BCUT2D eigenvalue weighted by Crippen LogP contribution is 2.09. The zero-order valence-electron chi connectivity index (χ0n) is 16.2. The molecular formula is C20H28N2O5. The lowest BCUT2D eigenvalue weighted by atomic mass is 10.0. The highest BCUT2D eigenvalue weighted by Gasteiger charge is 2.17. The molecule has 1 aromatic rings. The van der Waals surface area contributed by atoms with Gasteiger partial charge in [0.2, 0.25) is 11.8 Å². The minimum absolute atomic E-state index is 0.0774. The van der Waals surface area contributed by atoms with Gasteiger partial charge in [0.15, 0.2) is 5.78 Å². The van der Waals surface area contributed by atoms with Crippen LogP contribution in [0.3, 0.4) is 0 Å². The maximum absolute atomic E-state index is 12.5. The van der Waals surface area contributed by atoms with Crippen molar-refractivity contribution in [3.63, 3.8) is 0 Å². The average molecular weight is 376 g/mol. The largest absolute Gasteiger partial charge is 0.469 e. The first-order chi connectivity index (χ1) is 12.8. The van der Waals surface area contributed by atoms with Crippen molar-refractivity contribution in [1.29, 1.82) is 0 Å². The standard InChI is InChI=1S/C20H28N2O5/c1-15-5-7-17(8-6-15)18(24)9-10-19(25)22(14-11-20(26)27-3)13-4-12-21-16(2)23/h5-8H,4,9-14H2,1-3H3,(H,21,23). The van der Waals surface area contributed by atoms with E-state index in [9.17, 15) is 19.2 Å². The fourth-order valence-corrected chi connectivity index (χ4v) is 2.49. The van der Waals surface area contributed by atoms with E-state index in [0.717, 1.165) is 5.56 Å². The highest BCUT2D eigenvalue weighted by molar-refractivity contribution is 5.98. The molecule has 0 saturated carbocycles. The van der Waals surface area contributed by atoms with Gasteiger partial charge in [-0.05, 0) is 13.3 Å². The maximum Gasteiger partial charge on any atom is 0.307 e. The molecule has 0 aromatic heterocycles. The van der Waals surface area contributed by atoms with Crippen molar-refractivity contribution in [2.75, 3.05) is 26.7 Å². The van der Waals surface area contributed by atoms with Crippen LogP contribution in [0.1, 0.15) is 48.5 Å². The summed E-state index contributed by atoms with van der Waals surface area (Å²) in [6, 6.07) is 7.23. The van der Waals surface area contributed by atoms with Crippen LogP contribution in [0.5, 0.6) is 0 Å². The molecule has 2 amide bonds. The number of ether oxygens (including phenoxy) is 1. The van der Waals surface area contributed by atoms with Crippen LogP contribution >= 0.6 is 0 Å². The monoisotopic (exact) mass is 376 g/mol. The van der Waals surface area contributed by atoms with Crippen molar-refractivity contribution < 1.29 is 23.9 Å². The number of nitrogens with one attached hydrogen (secondary N) is 1. The summed E-state index contributed by atoms with van der Waals surface area (Å²) in [7, 11) is 1.30. The van der Waals surface area contributed by atoms with E-state index in [4.69, 9.17) is 0 Å². The summed E-state index contributed by atoms with van der Waals surface area (Å²) >= 11 is 0. The van der Waals surface area contributed by atoms with Crippen LogP contribution < -0.4 is 5.32 Å². The van der Waals surface area contributed by atoms with E-state index in [1.54, 1.807) is 17.0 Å². The first-order valence-electron chi connectivity index (χ1n) is 9.02. The molecule has 7 nitrogen and oxygen atoms in total. The topological polar surface area (TPSA) is 92.8 Å². The zero-order chi connectivity index (χ0) is 20.2.